The van der Waals surface area contributed by atoms with Crippen LogP contribution in [0.5, 0.6) is 0 Å². The number of hydrogen-bond acceptors (Lipinski definition) is 4. The number of carboxylic acids is 1. The zero-order valence-corrected chi connectivity index (χ0v) is 11.4. The quantitative estimate of drug-likeness (QED) is 0.711. The van der Waals surface area contributed by atoms with Crippen molar-refractivity contribution in [2.75, 3.05) is 5.75 Å². The molecule has 5 atom stereocenters. The van der Waals surface area contributed by atoms with E-state index in [0.29, 0.717) is 6.42 Å². The number of rotatable bonds is 3. The highest BCUT2D eigenvalue weighted by Crippen LogP contribution is 2.48. The second-order valence-corrected chi connectivity index (χ2v) is 7.54. The first-order valence-electron chi connectivity index (χ1n) is 6.50. The van der Waals surface area contributed by atoms with Crippen molar-refractivity contribution in [3.05, 3.63) is 23.6 Å². The molecule has 1 saturated carbocycles. The largest absolute Gasteiger partial charge is 0.481 e. The van der Waals surface area contributed by atoms with Gasteiger partial charge in [0.25, 0.3) is 0 Å². The van der Waals surface area contributed by atoms with Crippen LogP contribution in [-0.4, -0.2) is 37.2 Å². The van der Waals surface area contributed by atoms with Crippen LogP contribution >= 0.6 is 0 Å². The molecule has 2 N–H and O–H groups in total. The smallest absolute Gasteiger partial charge is 0.307 e. The average Bonchev–Trinajstić information content (AvgIpc) is 3.02. The van der Waals surface area contributed by atoms with Crippen molar-refractivity contribution in [2.24, 2.45) is 23.7 Å². The summed E-state index contributed by atoms with van der Waals surface area (Å²) >= 11 is 0. The lowest BCUT2D eigenvalue weighted by Crippen LogP contribution is -2.44. The number of fused-ring (bicyclic) bond motifs is 2. The van der Waals surface area contributed by atoms with Gasteiger partial charge in [0.2, 0.25) is 5.91 Å². The summed E-state index contributed by atoms with van der Waals surface area (Å²) in [5, 5.41) is 13.0. The van der Waals surface area contributed by atoms with Gasteiger partial charge in [0.15, 0.2) is 9.84 Å². The van der Waals surface area contributed by atoms with Crippen molar-refractivity contribution in [1.82, 2.24) is 5.32 Å². The number of sulfone groups is 1. The SMILES string of the molecule is O=C(O)C1C2C=CC(C2)C1C(=O)NC1C=CS(=O)(=O)C1. The van der Waals surface area contributed by atoms with E-state index in [1.165, 1.54) is 6.08 Å². The van der Waals surface area contributed by atoms with E-state index in [9.17, 15) is 23.1 Å². The summed E-state index contributed by atoms with van der Waals surface area (Å²) in [5.41, 5.74) is 0. The van der Waals surface area contributed by atoms with Gasteiger partial charge in [-0.05, 0) is 24.3 Å². The van der Waals surface area contributed by atoms with Crippen molar-refractivity contribution in [2.45, 2.75) is 12.5 Å². The molecule has 6 nitrogen and oxygen atoms in total. The molecule has 1 heterocycles. The van der Waals surface area contributed by atoms with Crippen molar-refractivity contribution in [3.8, 4) is 0 Å². The maximum absolute atomic E-state index is 12.3. The molecule has 7 heteroatoms. The molecule has 0 aromatic heterocycles. The van der Waals surface area contributed by atoms with Crippen LogP contribution in [0, 0.1) is 23.7 Å². The second kappa shape index (κ2) is 4.44. The van der Waals surface area contributed by atoms with E-state index >= 15 is 0 Å². The van der Waals surface area contributed by atoms with Crippen LogP contribution in [-0.2, 0) is 19.4 Å². The lowest BCUT2D eigenvalue weighted by Gasteiger charge is -2.25. The summed E-state index contributed by atoms with van der Waals surface area (Å²) in [5.74, 6) is -2.91. The minimum Gasteiger partial charge on any atom is -0.481 e. The zero-order chi connectivity index (χ0) is 14.5. The van der Waals surface area contributed by atoms with E-state index in [4.69, 9.17) is 0 Å². The third kappa shape index (κ3) is 2.15. The van der Waals surface area contributed by atoms with Gasteiger partial charge < -0.3 is 10.4 Å². The highest BCUT2D eigenvalue weighted by molar-refractivity contribution is 7.94. The van der Waals surface area contributed by atoms with Gasteiger partial charge >= 0.3 is 5.97 Å². The Hall–Kier alpha value is -1.63. The molecule has 0 saturated heterocycles. The highest BCUT2D eigenvalue weighted by atomic mass is 32.2. The molecule has 2 aliphatic carbocycles. The highest BCUT2D eigenvalue weighted by Gasteiger charge is 2.51. The molecule has 1 amide bonds. The van der Waals surface area contributed by atoms with E-state index in [0.717, 1.165) is 5.41 Å². The topological polar surface area (TPSA) is 101 Å². The van der Waals surface area contributed by atoms with Crippen LogP contribution < -0.4 is 5.32 Å². The number of carboxylic acid groups (broad SMARTS) is 1. The monoisotopic (exact) mass is 297 g/mol. The van der Waals surface area contributed by atoms with Crippen molar-refractivity contribution < 1.29 is 23.1 Å². The number of aliphatic carboxylic acids is 1. The third-order valence-electron chi connectivity index (χ3n) is 4.30. The van der Waals surface area contributed by atoms with Gasteiger partial charge in [-0.2, -0.15) is 0 Å². The predicted octanol–water partition coefficient (Wildman–Crippen LogP) is -0.0638. The van der Waals surface area contributed by atoms with Crippen LogP contribution in [0.2, 0.25) is 0 Å². The van der Waals surface area contributed by atoms with E-state index < -0.39 is 33.7 Å². The Morgan fingerprint density at radius 2 is 1.75 bits per heavy atom. The number of nitrogens with one attached hydrogen (secondary N) is 1. The van der Waals surface area contributed by atoms with Crippen LogP contribution in [0.1, 0.15) is 6.42 Å². The maximum Gasteiger partial charge on any atom is 0.307 e. The molecular weight excluding hydrogens is 282 g/mol. The standard InChI is InChI=1S/C13H15NO5S/c15-12(14-9-3-4-20(18,19)6-9)10-7-1-2-8(5-7)11(10)13(16)17/h1-4,7-11H,5-6H2,(H,14,15)(H,16,17). The Labute approximate surface area is 116 Å². The van der Waals surface area contributed by atoms with Crippen LogP contribution in [0.15, 0.2) is 23.6 Å². The van der Waals surface area contributed by atoms with Gasteiger partial charge in [-0.3, -0.25) is 9.59 Å². The Bertz CT molecular complexity index is 621. The van der Waals surface area contributed by atoms with E-state index in [-0.39, 0.29) is 23.5 Å². The molecule has 20 heavy (non-hydrogen) atoms. The van der Waals surface area contributed by atoms with Crippen molar-refractivity contribution in [1.29, 1.82) is 0 Å². The summed E-state index contributed by atoms with van der Waals surface area (Å²) in [6, 6.07) is -0.551. The molecule has 1 aliphatic heterocycles. The van der Waals surface area contributed by atoms with E-state index in [2.05, 4.69) is 5.32 Å². The summed E-state index contributed by atoms with van der Waals surface area (Å²) in [6.07, 6.45) is 5.89. The molecule has 3 rings (SSSR count). The molecule has 108 valence electrons. The summed E-state index contributed by atoms with van der Waals surface area (Å²) < 4.78 is 22.6. The molecular formula is C13H15NO5S. The number of carbonyl (C=O) groups excluding carboxylic acids is 1. The van der Waals surface area contributed by atoms with Crippen LogP contribution in [0.3, 0.4) is 0 Å². The van der Waals surface area contributed by atoms with Crippen LogP contribution in [0.4, 0.5) is 0 Å². The number of hydrogen-bond donors (Lipinski definition) is 2. The lowest BCUT2D eigenvalue weighted by molar-refractivity contribution is -0.147. The van der Waals surface area contributed by atoms with Gasteiger partial charge in [0.1, 0.15) is 0 Å². The average molecular weight is 297 g/mol. The predicted molar refractivity (Wildman–Crippen MR) is 70.2 cm³/mol. The summed E-state index contributed by atoms with van der Waals surface area (Å²) in [7, 11) is -3.23. The van der Waals surface area contributed by atoms with Gasteiger partial charge in [-0.25, -0.2) is 8.42 Å². The molecule has 2 bridgehead atoms. The van der Waals surface area contributed by atoms with Gasteiger partial charge in [-0.15, -0.1) is 0 Å². The summed E-state index contributed by atoms with van der Waals surface area (Å²) in [6.45, 7) is 0. The molecule has 5 unspecified atom stereocenters. The Morgan fingerprint density at radius 3 is 2.30 bits per heavy atom. The normalized spacial score (nSPS) is 40.1. The summed E-state index contributed by atoms with van der Waals surface area (Å²) in [4.78, 5) is 23.6. The van der Waals surface area contributed by atoms with Crippen molar-refractivity contribution in [3.63, 3.8) is 0 Å². The molecule has 0 aromatic rings. The fourth-order valence-electron chi connectivity index (χ4n) is 3.46. The first-order valence-corrected chi connectivity index (χ1v) is 8.21. The number of carbonyl (C=O) groups is 2. The molecule has 0 radical (unpaired) electrons. The Balaban J connectivity index is 1.73. The molecule has 1 fully saturated rings. The van der Waals surface area contributed by atoms with E-state index in [1.807, 2.05) is 12.2 Å². The van der Waals surface area contributed by atoms with E-state index in [1.54, 1.807) is 0 Å². The molecule has 3 aliphatic rings. The minimum atomic E-state index is -3.23. The van der Waals surface area contributed by atoms with Gasteiger partial charge in [0.05, 0.1) is 23.6 Å². The van der Waals surface area contributed by atoms with Crippen molar-refractivity contribution >= 4 is 21.7 Å². The van der Waals surface area contributed by atoms with Gasteiger partial charge in [-0.1, -0.05) is 12.2 Å². The fourth-order valence-corrected chi connectivity index (χ4v) is 4.70. The maximum atomic E-state index is 12.3. The third-order valence-corrected chi connectivity index (χ3v) is 5.70. The first kappa shape index (κ1) is 13.4. The minimum absolute atomic E-state index is 0.0527. The Kier molecular flexibility index (Phi) is 2.97. The first-order chi connectivity index (χ1) is 9.37. The lowest BCUT2D eigenvalue weighted by atomic mass is 9.82. The number of allylic oxidation sites excluding steroid dienone is 2. The Morgan fingerprint density at radius 1 is 1.10 bits per heavy atom. The zero-order valence-electron chi connectivity index (χ0n) is 10.6. The fraction of sp³-hybridized carbons (Fsp3) is 0.538. The molecule has 0 aromatic carbocycles. The van der Waals surface area contributed by atoms with Crippen LogP contribution in [0.25, 0.3) is 0 Å². The van der Waals surface area contributed by atoms with Gasteiger partial charge in [0, 0.05) is 5.41 Å². The second-order valence-electron chi connectivity index (χ2n) is 5.61. The molecule has 0 spiro atoms. The number of amides is 1.